The monoisotopic (exact) mass is 310 g/mol. The summed E-state index contributed by atoms with van der Waals surface area (Å²) >= 11 is 0. The van der Waals surface area contributed by atoms with Gasteiger partial charge in [-0.05, 0) is 48.3 Å². The average molecular weight is 310 g/mol. The zero-order valence-corrected chi connectivity index (χ0v) is 14.4. The van der Waals surface area contributed by atoms with Gasteiger partial charge in [0.2, 0.25) is 0 Å². The third-order valence-electron chi connectivity index (χ3n) is 3.62. The molecule has 0 N–H and O–H groups in total. The van der Waals surface area contributed by atoms with Gasteiger partial charge in [-0.3, -0.25) is 4.79 Å². The Morgan fingerprint density at radius 3 is 2.09 bits per heavy atom. The number of halogens is 2. The lowest BCUT2D eigenvalue weighted by Gasteiger charge is -2.23. The van der Waals surface area contributed by atoms with E-state index in [-0.39, 0.29) is 17.1 Å². The molecule has 0 spiro atoms. The number of hydrogen-bond acceptors (Lipinski definition) is 1. The number of Topliss-reactive ketones (excluding diaryl/α,β-unsaturated/α-hetero) is 1. The number of rotatable bonds is 7. The summed E-state index contributed by atoms with van der Waals surface area (Å²) in [6.45, 7) is 10.4. The molecule has 0 heterocycles. The number of ketones is 1. The highest BCUT2D eigenvalue weighted by atomic mass is 19.1. The van der Waals surface area contributed by atoms with Gasteiger partial charge in [-0.2, -0.15) is 0 Å². The minimum atomic E-state index is -0.559. The van der Waals surface area contributed by atoms with Crippen molar-refractivity contribution in [1.29, 1.82) is 0 Å². The van der Waals surface area contributed by atoms with Gasteiger partial charge >= 0.3 is 0 Å². The van der Waals surface area contributed by atoms with Gasteiger partial charge in [-0.15, -0.1) is 0 Å². The molecule has 1 aromatic rings. The maximum absolute atomic E-state index is 13.2. The van der Waals surface area contributed by atoms with E-state index < -0.39 is 11.6 Å². The molecule has 1 nitrogen and oxygen atoms in total. The predicted octanol–water partition coefficient (Wildman–Crippen LogP) is 5.57. The van der Waals surface area contributed by atoms with Gasteiger partial charge < -0.3 is 0 Å². The van der Waals surface area contributed by atoms with Gasteiger partial charge in [0.1, 0.15) is 17.4 Å². The van der Waals surface area contributed by atoms with Crippen molar-refractivity contribution in [3.05, 3.63) is 35.4 Å². The van der Waals surface area contributed by atoms with Crippen LogP contribution in [0.5, 0.6) is 0 Å². The van der Waals surface area contributed by atoms with Crippen molar-refractivity contribution in [1.82, 2.24) is 0 Å². The summed E-state index contributed by atoms with van der Waals surface area (Å²) in [6.07, 6.45) is 2.55. The lowest BCUT2D eigenvalue weighted by atomic mass is 9.80. The Morgan fingerprint density at radius 2 is 1.64 bits per heavy atom. The molecule has 1 atom stereocenters. The predicted molar refractivity (Wildman–Crippen MR) is 86.7 cm³/mol. The molecule has 0 aliphatic carbocycles. The van der Waals surface area contributed by atoms with E-state index in [0.29, 0.717) is 30.7 Å². The maximum atomic E-state index is 13.2. The summed E-state index contributed by atoms with van der Waals surface area (Å²) < 4.78 is 26.5. The summed E-state index contributed by atoms with van der Waals surface area (Å²) in [4.78, 5) is 12.5. The molecule has 1 aromatic carbocycles. The summed E-state index contributed by atoms with van der Waals surface area (Å²) in [7, 11) is 0. The Kier molecular flexibility index (Phi) is 6.70. The lowest BCUT2D eigenvalue weighted by molar-refractivity contribution is -0.125. The first-order valence-electron chi connectivity index (χ1n) is 8.04. The Hall–Kier alpha value is -1.25. The fraction of sp³-hybridized carbons (Fsp3) is 0.632. The minimum Gasteiger partial charge on any atom is -0.299 e. The van der Waals surface area contributed by atoms with Gasteiger partial charge in [0.15, 0.2) is 0 Å². The zero-order chi connectivity index (χ0) is 16.9. The summed E-state index contributed by atoms with van der Waals surface area (Å²) in [5.41, 5.74) is 0.590. The number of benzene rings is 1. The molecule has 0 aliphatic heterocycles. The normalized spacial score (nSPS) is 13.5. The number of carbonyl (C=O) groups excluding carboxylic acids is 1. The molecule has 22 heavy (non-hydrogen) atoms. The van der Waals surface area contributed by atoms with Gasteiger partial charge in [0, 0.05) is 18.4 Å². The molecule has 124 valence electrons. The third-order valence-corrected chi connectivity index (χ3v) is 3.62. The fourth-order valence-electron chi connectivity index (χ4n) is 2.74. The smallest absolute Gasteiger partial charge is 0.136 e. The van der Waals surface area contributed by atoms with Crippen LogP contribution in [0.4, 0.5) is 8.78 Å². The lowest BCUT2D eigenvalue weighted by Crippen LogP contribution is -2.23. The van der Waals surface area contributed by atoms with Crippen molar-refractivity contribution < 1.29 is 13.6 Å². The molecule has 0 bridgehead atoms. The first kappa shape index (κ1) is 18.8. The van der Waals surface area contributed by atoms with Gasteiger partial charge in [-0.25, -0.2) is 8.78 Å². The van der Waals surface area contributed by atoms with Gasteiger partial charge in [0.25, 0.3) is 0 Å². The van der Waals surface area contributed by atoms with E-state index in [1.54, 1.807) is 0 Å². The highest BCUT2D eigenvalue weighted by molar-refractivity contribution is 5.81. The molecular formula is C19H28F2O. The third kappa shape index (κ3) is 7.15. The van der Waals surface area contributed by atoms with Crippen LogP contribution in [0.3, 0.4) is 0 Å². The van der Waals surface area contributed by atoms with Crippen molar-refractivity contribution in [2.75, 3.05) is 0 Å². The zero-order valence-electron chi connectivity index (χ0n) is 14.4. The van der Waals surface area contributed by atoms with Crippen LogP contribution in [-0.4, -0.2) is 5.78 Å². The van der Waals surface area contributed by atoms with E-state index in [1.807, 2.05) is 0 Å². The van der Waals surface area contributed by atoms with E-state index >= 15 is 0 Å². The van der Waals surface area contributed by atoms with Crippen LogP contribution in [0.25, 0.3) is 0 Å². The van der Waals surface area contributed by atoms with Crippen LogP contribution < -0.4 is 0 Å². The SMILES string of the molecule is CC(C)CC(CCc1cc(F)cc(F)c1)C(=O)CC(C)(C)C. The van der Waals surface area contributed by atoms with Crippen molar-refractivity contribution in [3.8, 4) is 0 Å². The summed E-state index contributed by atoms with van der Waals surface area (Å²) in [6, 6.07) is 3.58. The van der Waals surface area contributed by atoms with E-state index in [1.165, 1.54) is 12.1 Å². The molecular weight excluding hydrogens is 282 g/mol. The largest absolute Gasteiger partial charge is 0.299 e. The summed E-state index contributed by atoms with van der Waals surface area (Å²) in [5.74, 6) is -0.463. The second-order valence-electron chi connectivity index (χ2n) is 7.85. The van der Waals surface area contributed by atoms with Crippen molar-refractivity contribution in [2.24, 2.45) is 17.3 Å². The van der Waals surface area contributed by atoms with Gasteiger partial charge in [-0.1, -0.05) is 34.6 Å². The van der Waals surface area contributed by atoms with E-state index in [2.05, 4.69) is 34.6 Å². The minimum absolute atomic E-state index is 0.0305. The van der Waals surface area contributed by atoms with Crippen LogP contribution in [0.15, 0.2) is 18.2 Å². The molecule has 0 saturated carbocycles. The number of aryl methyl sites for hydroxylation is 1. The second-order valence-corrected chi connectivity index (χ2v) is 7.85. The molecule has 0 saturated heterocycles. The number of hydrogen-bond donors (Lipinski definition) is 0. The van der Waals surface area contributed by atoms with Crippen LogP contribution >= 0.6 is 0 Å². The van der Waals surface area contributed by atoms with E-state index in [0.717, 1.165) is 12.5 Å². The second kappa shape index (κ2) is 7.85. The molecule has 0 radical (unpaired) electrons. The Labute approximate surface area is 133 Å². The maximum Gasteiger partial charge on any atom is 0.136 e. The van der Waals surface area contributed by atoms with Gasteiger partial charge in [0.05, 0.1) is 0 Å². The van der Waals surface area contributed by atoms with E-state index in [4.69, 9.17) is 0 Å². The van der Waals surface area contributed by atoms with Crippen LogP contribution in [0.2, 0.25) is 0 Å². The van der Waals surface area contributed by atoms with Crippen molar-refractivity contribution in [3.63, 3.8) is 0 Å². The average Bonchev–Trinajstić information content (AvgIpc) is 2.30. The highest BCUT2D eigenvalue weighted by Gasteiger charge is 2.24. The molecule has 0 aromatic heterocycles. The van der Waals surface area contributed by atoms with Crippen LogP contribution in [-0.2, 0) is 11.2 Å². The van der Waals surface area contributed by atoms with Crippen LogP contribution in [0.1, 0.15) is 59.4 Å². The Morgan fingerprint density at radius 1 is 1.09 bits per heavy atom. The fourth-order valence-corrected chi connectivity index (χ4v) is 2.74. The molecule has 1 unspecified atom stereocenters. The standard InChI is InChI=1S/C19H28F2O/c1-13(2)8-15(18(22)12-19(3,4)5)7-6-14-9-16(20)11-17(21)10-14/h9-11,13,15H,6-8,12H2,1-5H3. The molecule has 0 aliphatic rings. The molecule has 0 fully saturated rings. The van der Waals surface area contributed by atoms with Crippen molar-refractivity contribution in [2.45, 2.75) is 60.3 Å². The Balaban J connectivity index is 2.74. The van der Waals surface area contributed by atoms with Crippen LogP contribution in [0, 0.1) is 28.9 Å². The molecule has 1 rings (SSSR count). The van der Waals surface area contributed by atoms with Crippen molar-refractivity contribution >= 4 is 5.78 Å². The van der Waals surface area contributed by atoms with E-state index in [9.17, 15) is 13.6 Å². The molecule has 0 amide bonds. The first-order valence-corrected chi connectivity index (χ1v) is 8.04. The number of carbonyl (C=O) groups is 1. The Bertz CT molecular complexity index is 480. The summed E-state index contributed by atoms with van der Waals surface area (Å²) in [5, 5.41) is 0. The first-order chi connectivity index (χ1) is 10.1. The topological polar surface area (TPSA) is 17.1 Å². The quantitative estimate of drug-likeness (QED) is 0.644. The highest BCUT2D eigenvalue weighted by Crippen LogP contribution is 2.27. The molecule has 3 heteroatoms.